The number of aryl methyl sites for hydroxylation is 1. The second-order valence-corrected chi connectivity index (χ2v) is 5.13. The van der Waals surface area contributed by atoms with Crippen LogP contribution in [0, 0.1) is 6.92 Å². The van der Waals surface area contributed by atoms with Crippen LogP contribution in [0.2, 0.25) is 0 Å². The second-order valence-electron chi connectivity index (χ2n) is 5.13. The summed E-state index contributed by atoms with van der Waals surface area (Å²) in [7, 11) is 1.65. The number of carbonyl (C=O) groups is 2. The SMILES string of the molecule is COCCNCCNC(=O)c1oc2c(c1C)C(=O)CCC2.Cl. The van der Waals surface area contributed by atoms with Gasteiger partial charge in [-0.1, -0.05) is 0 Å². The van der Waals surface area contributed by atoms with E-state index >= 15 is 0 Å². The zero-order chi connectivity index (χ0) is 15.2. The van der Waals surface area contributed by atoms with Crippen LogP contribution in [0.25, 0.3) is 0 Å². The van der Waals surface area contributed by atoms with Crippen molar-refractivity contribution in [1.82, 2.24) is 10.6 Å². The van der Waals surface area contributed by atoms with Crippen molar-refractivity contribution >= 4 is 24.1 Å². The van der Waals surface area contributed by atoms with E-state index in [0.29, 0.717) is 43.0 Å². The number of rotatable bonds is 7. The summed E-state index contributed by atoms with van der Waals surface area (Å²) in [6.07, 6.45) is 2.06. The van der Waals surface area contributed by atoms with Crippen molar-refractivity contribution in [2.75, 3.05) is 33.4 Å². The Morgan fingerprint density at radius 2 is 2.05 bits per heavy atom. The summed E-state index contributed by atoms with van der Waals surface area (Å²) in [6, 6.07) is 0. The molecule has 0 fully saturated rings. The molecule has 2 rings (SSSR count). The molecule has 0 aromatic carbocycles. The van der Waals surface area contributed by atoms with Crippen LogP contribution in [0.1, 0.15) is 45.1 Å². The molecule has 1 aromatic heterocycles. The number of methoxy groups -OCH3 is 1. The molecule has 1 aromatic rings. The minimum Gasteiger partial charge on any atom is -0.455 e. The highest BCUT2D eigenvalue weighted by Gasteiger charge is 2.28. The number of ether oxygens (including phenoxy) is 1. The third kappa shape index (κ3) is 4.32. The predicted molar refractivity (Wildman–Crippen MR) is 85.0 cm³/mol. The fourth-order valence-electron chi connectivity index (χ4n) is 2.51. The maximum absolute atomic E-state index is 12.1. The van der Waals surface area contributed by atoms with Gasteiger partial charge >= 0.3 is 0 Å². The quantitative estimate of drug-likeness (QED) is 0.740. The lowest BCUT2D eigenvalue weighted by molar-refractivity contribution is 0.0919. The Morgan fingerprint density at radius 3 is 2.73 bits per heavy atom. The third-order valence-electron chi connectivity index (χ3n) is 3.58. The highest BCUT2D eigenvalue weighted by molar-refractivity contribution is 6.03. The molecule has 0 saturated heterocycles. The van der Waals surface area contributed by atoms with Gasteiger partial charge in [0, 0.05) is 45.1 Å². The van der Waals surface area contributed by atoms with Crippen molar-refractivity contribution < 1.29 is 18.7 Å². The van der Waals surface area contributed by atoms with Gasteiger partial charge in [-0.05, 0) is 13.3 Å². The first kappa shape index (κ1) is 18.7. The van der Waals surface area contributed by atoms with Crippen LogP contribution in [-0.4, -0.2) is 45.0 Å². The fourth-order valence-corrected chi connectivity index (χ4v) is 2.51. The van der Waals surface area contributed by atoms with E-state index in [9.17, 15) is 9.59 Å². The van der Waals surface area contributed by atoms with Gasteiger partial charge in [0.15, 0.2) is 11.5 Å². The molecule has 0 atom stereocenters. The molecule has 1 aliphatic carbocycles. The Kier molecular flexibility index (Phi) is 7.58. The molecule has 22 heavy (non-hydrogen) atoms. The first-order chi connectivity index (χ1) is 10.1. The number of fused-ring (bicyclic) bond motifs is 1. The topological polar surface area (TPSA) is 80.6 Å². The fraction of sp³-hybridized carbons (Fsp3) is 0.600. The van der Waals surface area contributed by atoms with E-state index in [1.165, 1.54) is 0 Å². The van der Waals surface area contributed by atoms with Crippen LogP contribution in [0.4, 0.5) is 0 Å². The number of furan rings is 1. The summed E-state index contributed by atoms with van der Waals surface area (Å²) in [4.78, 5) is 24.0. The Morgan fingerprint density at radius 1 is 1.27 bits per heavy atom. The molecule has 6 nitrogen and oxygen atoms in total. The van der Waals surface area contributed by atoms with Crippen molar-refractivity contribution in [3.05, 3.63) is 22.6 Å². The first-order valence-corrected chi connectivity index (χ1v) is 7.28. The van der Waals surface area contributed by atoms with Crippen LogP contribution in [-0.2, 0) is 11.2 Å². The normalized spacial score (nSPS) is 13.5. The number of amides is 1. The number of hydrogen-bond acceptors (Lipinski definition) is 5. The minimum absolute atomic E-state index is 0. The van der Waals surface area contributed by atoms with Crippen molar-refractivity contribution in [3.63, 3.8) is 0 Å². The Bertz CT molecular complexity index is 528. The van der Waals surface area contributed by atoms with Gasteiger partial charge in [0.1, 0.15) is 5.76 Å². The third-order valence-corrected chi connectivity index (χ3v) is 3.58. The number of ketones is 1. The van der Waals surface area contributed by atoms with Gasteiger partial charge in [-0.25, -0.2) is 0 Å². The van der Waals surface area contributed by atoms with E-state index in [2.05, 4.69) is 10.6 Å². The molecule has 0 saturated carbocycles. The molecule has 0 spiro atoms. The van der Waals surface area contributed by atoms with E-state index in [1.54, 1.807) is 14.0 Å². The van der Waals surface area contributed by atoms with E-state index in [1.807, 2.05) is 0 Å². The van der Waals surface area contributed by atoms with Crippen LogP contribution in [0.5, 0.6) is 0 Å². The number of carbonyl (C=O) groups excluding carboxylic acids is 2. The van der Waals surface area contributed by atoms with Crippen molar-refractivity contribution in [2.45, 2.75) is 26.2 Å². The minimum atomic E-state index is -0.261. The summed E-state index contributed by atoms with van der Waals surface area (Å²) in [6.45, 7) is 4.32. The summed E-state index contributed by atoms with van der Waals surface area (Å²) in [5, 5.41) is 5.93. The molecule has 124 valence electrons. The van der Waals surface area contributed by atoms with E-state index in [-0.39, 0.29) is 29.9 Å². The summed E-state index contributed by atoms with van der Waals surface area (Å²) < 4.78 is 10.5. The maximum atomic E-state index is 12.1. The zero-order valence-electron chi connectivity index (χ0n) is 13.0. The predicted octanol–water partition coefficient (Wildman–Crippen LogP) is 1.49. The lowest BCUT2D eigenvalue weighted by atomic mass is 9.94. The summed E-state index contributed by atoms with van der Waals surface area (Å²) in [5.74, 6) is 0.750. The molecule has 0 radical (unpaired) electrons. The summed E-state index contributed by atoms with van der Waals surface area (Å²) >= 11 is 0. The Hall–Kier alpha value is -1.37. The number of nitrogens with one attached hydrogen (secondary N) is 2. The first-order valence-electron chi connectivity index (χ1n) is 7.28. The molecule has 0 bridgehead atoms. The smallest absolute Gasteiger partial charge is 0.287 e. The van der Waals surface area contributed by atoms with Gasteiger partial charge in [0.2, 0.25) is 0 Å². The summed E-state index contributed by atoms with van der Waals surface area (Å²) in [5.41, 5.74) is 1.28. The van der Waals surface area contributed by atoms with Crippen LogP contribution < -0.4 is 10.6 Å². The molecule has 1 amide bonds. The average molecular weight is 331 g/mol. The molecule has 7 heteroatoms. The van der Waals surface area contributed by atoms with Gasteiger partial charge in [-0.15, -0.1) is 12.4 Å². The van der Waals surface area contributed by atoms with Crippen molar-refractivity contribution in [3.8, 4) is 0 Å². The van der Waals surface area contributed by atoms with Crippen molar-refractivity contribution in [2.24, 2.45) is 0 Å². The second kappa shape index (κ2) is 8.92. The zero-order valence-corrected chi connectivity index (χ0v) is 13.8. The maximum Gasteiger partial charge on any atom is 0.287 e. The van der Waals surface area contributed by atoms with E-state index in [4.69, 9.17) is 9.15 Å². The molecular formula is C15H23ClN2O4. The number of Topliss-reactive ketones (excluding diaryl/α,β-unsaturated/α-hetero) is 1. The van der Waals surface area contributed by atoms with Crippen LogP contribution >= 0.6 is 12.4 Å². The molecule has 1 heterocycles. The number of hydrogen-bond donors (Lipinski definition) is 2. The molecular weight excluding hydrogens is 308 g/mol. The Labute approximate surface area is 136 Å². The van der Waals surface area contributed by atoms with Gasteiger partial charge in [-0.2, -0.15) is 0 Å². The van der Waals surface area contributed by atoms with E-state index in [0.717, 1.165) is 19.4 Å². The van der Waals surface area contributed by atoms with Gasteiger partial charge < -0.3 is 19.8 Å². The lowest BCUT2D eigenvalue weighted by Gasteiger charge is -2.07. The molecule has 1 aliphatic rings. The lowest BCUT2D eigenvalue weighted by Crippen LogP contribution is -2.33. The van der Waals surface area contributed by atoms with Crippen molar-refractivity contribution in [1.29, 1.82) is 0 Å². The van der Waals surface area contributed by atoms with Crippen LogP contribution in [0.3, 0.4) is 0 Å². The standard InChI is InChI=1S/C15H22N2O4.ClH/c1-10-13-11(18)4-3-5-12(13)21-14(10)15(19)17-7-6-16-8-9-20-2;/h16H,3-9H2,1-2H3,(H,17,19);1H. The largest absolute Gasteiger partial charge is 0.455 e. The molecule has 0 unspecified atom stereocenters. The average Bonchev–Trinajstić information content (AvgIpc) is 2.81. The van der Waals surface area contributed by atoms with Gasteiger partial charge in [0.25, 0.3) is 5.91 Å². The van der Waals surface area contributed by atoms with Gasteiger partial charge in [0.05, 0.1) is 12.2 Å². The monoisotopic (exact) mass is 330 g/mol. The Balaban J connectivity index is 0.00000242. The highest BCUT2D eigenvalue weighted by atomic mass is 35.5. The van der Waals surface area contributed by atoms with E-state index < -0.39 is 0 Å². The van der Waals surface area contributed by atoms with Gasteiger partial charge in [-0.3, -0.25) is 9.59 Å². The molecule has 0 aliphatic heterocycles. The molecule has 2 N–H and O–H groups in total. The highest BCUT2D eigenvalue weighted by Crippen LogP contribution is 2.29. The van der Waals surface area contributed by atoms with Crippen LogP contribution in [0.15, 0.2) is 4.42 Å². The number of halogens is 1.